The first kappa shape index (κ1) is 20.1. The van der Waals surface area contributed by atoms with E-state index in [4.69, 9.17) is 13.9 Å². The van der Waals surface area contributed by atoms with E-state index in [2.05, 4.69) is 4.98 Å². The summed E-state index contributed by atoms with van der Waals surface area (Å²) in [4.78, 5) is 31.7. The van der Waals surface area contributed by atoms with Gasteiger partial charge in [0.2, 0.25) is 0 Å². The van der Waals surface area contributed by atoms with Crippen molar-refractivity contribution in [3.63, 3.8) is 0 Å². The van der Waals surface area contributed by atoms with Crippen LogP contribution in [0.3, 0.4) is 0 Å². The van der Waals surface area contributed by atoms with Gasteiger partial charge in [-0.05, 0) is 24.3 Å². The second-order valence-electron chi connectivity index (χ2n) is 7.77. The Morgan fingerprint density at radius 3 is 2.53 bits per heavy atom. The zero-order chi connectivity index (χ0) is 22.1. The number of benzene rings is 2. The van der Waals surface area contributed by atoms with Crippen molar-refractivity contribution in [2.45, 2.75) is 18.9 Å². The highest BCUT2D eigenvalue weighted by Gasteiger charge is 2.27. The lowest BCUT2D eigenvalue weighted by molar-refractivity contribution is 0.0594. The summed E-state index contributed by atoms with van der Waals surface area (Å²) >= 11 is 0. The summed E-state index contributed by atoms with van der Waals surface area (Å²) in [6, 6.07) is 16.6. The molecule has 1 aliphatic heterocycles. The molecule has 0 N–H and O–H groups in total. The third-order valence-corrected chi connectivity index (χ3v) is 5.79. The average molecular weight is 430 g/mol. The Kier molecular flexibility index (Phi) is 5.23. The van der Waals surface area contributed by atoms with Crippen molar-refractivity contribution in [1.29, 1.82) is 0 Å². The van der Waals surface area contributed by atoms with Gasteiger partial charge in [-0.25, -0.2) is 4.79 Å². The van der Waals surface area contributed by atoms with Crippen LogP contribution in [-0.4, -0.2) is 42.1 Å². The lowest BCUT2D eigenvalue weighted by Gasteiger charge is -2.32. The van der Waals surface area contributed by atoms with E-state index in [-0.39, 0.29) is 17.6 Å². The summed E-state index contributed by atoms with van der Waals surface area (Å²) in [5, 5.41) is 1.67. The highest BCUT2D eigenvalue weighted by Crippen LogP contribution is 2.28. The van der Waals surface area contributed by atoms with Crippen molar-refractivity contribution in [1.82, 2.24) is 9.88 Å². The number of fused-ring (bicyclic) bond motifs is 2. The zero-order valence-corrected chi connectivity index (χ0v) is 17.6. The minimum Gasteiger partial charge on any atom is -0.493 e. The number of hydrogen-bond acceptors (Lipinski definition) is 6. The van der Waals surface area contributed by atoms with Crippen LogP contribution in [0.5, 0.6) is 11.5 Å². The van der Waals surface area contributed by atoms with E-state index < -0.39 is 5.63 Å². The second kappa shape index (κ2) is 8.34. The summed E-state index contributed by atoms with van der Waals surface area (Å²) in [7, 11) is 1.51. The molecule has 1 aliphatic rings. The lowest BCUT2D eigenvalue weighted by Crippen LogP contribution is -2.43. The Morgan fingerprint density at radius 2 is 1.75 bits per heavy atom. The van der Waals surface area contributed by atoms with E-state index >= 15 is 0 Å². The predicted octanol–water partition coefficient (Wildman–Crippen LogP) is 4.03. The molecular weight excluding hydrogens is 408 g/mol. The first-order valence-electron chi connectivity index (χ1n) is 10.5. The van der Waals surface area contributed by atoms with Crippen LogP contribution in [0.1, 0.15) is 23.2 Å². The van der Waals surface area contributed by atoms with Gasteiger partial charge < -0.3 is 18.8 Å². The van der Waals surface area contributed by atoms with E-state index in [1.807, 2.05) is 30.3 Å². The summed E-state index contributed by atoms with van der Waals surface area (Å²) in [5.74, 6) is 0.880. The molecule has 0 spiro atoms. The fraction of sp³-hybridized carbons (Fsp3) is 0.240. The average Bonchev–Trinajstić information content (AvgIpc) is 2.83. The monoisotopic (exact) mass is 430 g/mol. The Bertz CT molecular complexity index is 1350. The minimum atomic E-state index is -0.660. The first-order chi connectivity index (χ1) is 15.6. The van der Waals surface area contributed by atoms with Crippen LogP contribution < -0.4 is 15.1 Å². The maximum atomic E-state index is 13.0. The Labute approximate surface area is 184 Å². The molecule has 32 heavy (non-hydrogen) atoms. The van der Waals surface area contributed by atoms with E-state index in [0.717, 1.165) is 16.7 Å². The van der Waals surface area contributed by atoms with Crippen molar-refractivity contribution >= 4 is 27.8 Å². The number of methoxy groups -OCH3 is 1. The largest absolute Gasteiger partial charge is 0.493 e. The highest BCUT2D eigenvalue weighted by atomic mass is 16.5. The molecule has 0 radical (unpaired) electrons. The fourth-order valence-corrected chi connectivity index (χ4v) is 4.13. The molecule has 1 saturated heterocycles. The van der Waals surface area contributed by atoms with Gasteiger partial charge in [0.05, 0.1) is 7.11 Å². The number of aromatic nitrogens is 1. The Balaban J connectivity index is 1.30. The molecule has 1 amide bonds. The molecule has 7 heteroatoms. The van der Waals surface area contributed by atoms with E-state index in [0.29, 0.717) is 42.6 Å². The Morgan fingerprint density at radius 1 is 1.03 bits per heavy atom. The summed E-state index contributed by atoms with van der Waals surface area (Å²) < 4.78 is 16.9. The number of nitrogens with zero attached hydrogens (tertiary/aromatic N) is 2. The number of pyridine rings is 1. The summed E-state index contributed by atoms with van der Waals surface area (Å²) in [5.41, 5.74) is 0.542. The van der Waals surface area contributed by atoms with Gasteiger partial charge in [0.15, 0.2) is 11.3 Å². The van der Waals surface area contributed by atoms with Gasteiger partial charge in [0.1, 0.15) is 22.9 Å². The van der Waals surface area contributed by atoms with Crippen molar-refractivity contribution in [3.05, 3.63) is 76.8 Å². The SMILES string of the molecule is COc1cccc2cc(C(=O)N3CCC(Oc4cccc5cccnc45)CC3)c(=O)oc12. The van der Waals surface area contributed by atoms with Crippen LogP contribution in [-0.2, 0) is 0 Å². The number of carbonyl (C=O) groups is 1. The quantitative estimate of drug-likeness (QED) is 0.455. The van der Waals surface area contributed by atoms with Crippen molar-refractivity contribution < 1.29 is 18.7 Å². The normalized spacial score (nSPS) is 14.6. The third kappa shape index (κ3) is 3.66. The number of hydrogen-bond donors (Lipinski definition) is 0. The number of rotatable bonds is 4. The molecule has 2 aromatic heterocycles. The van der Waals surface area contributed by atoms with Gasteiger partial charge in [0, 0.05) is 42.9 Å². The molecule has 1 fully saturated rings. The van der Waals surface area contributed by atoms with Crippen molar-refractivity contribution in [3.8, 4) is 11.5 Å². The molecule has 0 unspecified atom stereocenters. The molecule has 0 atom stereocenters. The molecule has 0 aliphatic carbocycles. The molecule has 4 aromatic rings. The molecule has 162 valence electrons. The Hall–Kier alpha value is -3.87. The summed E-state index contributed by atoms with van der Waals surface area (Å²) in [6.45, 7) is 0.995. The van der Waals surface area contributed by atoms with Gasteiger partial charge in [-0.2, -0.15) is 0 Å². The van der Waals surface area contributed by atoms with E-state index in [9.17, 15) is 9.59 Å². The van der Waals surface area contributed by atoms with Crippen LogP contribution in [0.25, 0.3) is 21.9 Å². The van der Waals surface area contributed by atoms with Gasteiger partial charge >= 0.3 is 5.63 Å². The van der Waals surface area contributed by atoms with Gasteiger partial charge in [-0.1, -0.05) is 30.3 Å². The van der Waals surface area contributed by atoms with Gasteiger partial charge in [-0.3, -0.25) is 9.78 Å². The highest BCUT2D eigenvalue weighted by molar-refractivity contribution is 5.97. The standard InChI is InChI=1S/C25H22N2O5/c1-30-21-9-3-6-17-15-19(25(29)32-23(17)21)24(28)27-13-10-18(11-14-27)31-20-8-2-5-16-7-4-12-26-22(16)20/h2-9,12,15,18H,10-11,13-14H2,1H3. The number of para-hydroxylation sites is 2. The zero-order valence-electron chi connectivity index (χ0n) is 17.6. The molecular formula is C25H22N2O5. The van der Waals surface area contributed by atoms with Crippen LogP contribution >= 0.6 is 0 Å². The topological polar surface area (TPSA) is 81.9 Å². The van der Waals surface area contributed by atoms with Gasteiger partial charge in [0.25, 0.3) is 5.91 Å². The maximum absolute atomic E-state index is 13.0. The van der Waals surface area contributed by atoms with E-state index in [1.165, 1.54) is 7.11 Å². The number of piperidine rings is 1. The number of ether oxygens (including phenoxy) is 2. The van der Waals surface area contributed by atoms with E-state index in [1.54, 1.807) is 35.4 Å². The molecule has 0 saturated carbocycles. The van der Waals surface area contributed by atoms with Gasteiger partial charge in [-0.15, -0.1) is 0 Å². The first-order valence-corrected chi connectivity index (χ1v) is 10.5. The van der Waals surface area contributed by atoms with Crippen LogP contribution in [0, 0.1) is 0 Å². The van der Waals surface area contributed by atoms with Crippen molar-refractivity contribution in [2.24, 2.45) is 0 Å². The summed E-state index contributed by atoms with van der Waals surface area (Å²) in [6.07, 6.45) is 3.06. The molecule has 7 nitrogen and oxygen atoms in total. The van der Waals surface area contributed by atoms with Crippen LogP contribution in [0.15, 0.2) is 70.0 Å². The number of amides is 1. The molecule has 5 rings (SSSR count). The third-order valence-electron chi connectivity index (χ3n) is 5.79. The lowest BCUT2D eigenvalue weighted by atomic mass is 10.1. The minimum absolute atomic E-state index is 0.0241. The number of carbonyl (C=O) groups excluding carboxylic acids is 1. The molecule has 0 bridgehead atoms. The second-order valence-corrected chi connectivity index (χ2v) is 7.77. The maximum Gasteiger partial charge on any atom is 0.349 e. The van der Waals surface area contributed by atoms with Crippen LogP contribution in [0.4, 0.5) is 0 Å². The molecule has 2 aromatic carbocycles. The fourth-order valence-electron chi connectivity index (χ4n) is 4.13. The molecule has 3 heterocycles. The predicted molar refractivity (Wildman–Crippen MR) is 120 cm³/mol. The van der Waals surface area contributed by atoms with Crippen LogP contribution in [0.2, 0.25) is 0 Å². The number of likely N-dealkylation sites (tertiary alicyclic amines) is 1. The smallest absolute Gasteiger partial charge is 0.349 e. The van der Waals surface area contributed by atoms with Crippen molar-refractivity contribution in [2.75, 3.05) is 20.2 Å².